The Hall–Kier alpha value is -2.12. The zero-order valence-corrected chi connectivity index (χ0v) is 10.2. The average Bonchev–Trinajstić information content (AvgIpc) is 2.37. The molecule has 3 N–H and O–H groups in total. The third-order valence-corrected chi connectivity index (χ3v) is 4.46. The van der Waals surface area contributed by atoms with Crippen LogP contribution in [-0.2, 0) is 9.59 Å². The second-order valence-corrected chi connectivity index (χ2v) is 5.34. The Balaban J connectivity index is 2.88. The van der Waals surface area contributed by atoms with Crippen molar-refractivity contribution in [2.75, 3.05) is 0 Å². The first-order valence-corrected chi connectivity index (χ1v) is 5.33. The molecule has 0 unspecified atom stereocenters. The van der Waals surface area contributed by atoms with Gasteiger partial charge in [-0.05, 0) is 6.92 Å². The van der Waals surface area contributed by atoms with E-state index in [1.54, 1.807) is 26.8 Å². The van der Waals surface area contributed by atoms with Crippen molar-refractivity contribution >= 4 is 11.8 Å². The van der Waals surface area contributed by atoms with Crippen LogP contribution in [0, 0.1) is 33.5 Å². The monoisotopic (exact) mass is 248 g/mol. The summed E-state index contributed by atoms with van der Waals surface area (Å²) in [6, 6.07) is 3.11. The molecule has 0 saturated carbocycles. The van der Waals surface area contributed by atoms with E-state index in [-0.39, 0.29) is 0 Å². The third kappa shape index (κ3) is 0.823. The van der Waals surface area contributed by atoms with Gasteiger partial charge in [-0.1, -0.05) is 13.8 Å². The lowest BCUT2D eigenvalue weighted by atomic mass is 9.53. The maximum Gasteiger partial charge on any atom is 0.271 e. The highest BCUT2D eigenvalue weighted by Crippen LogP contribution is 2.59. The van der Waals surface area contributed by atoms with Crippen LogP contribution in [0.1, 0.15) is 20.8 Å². The summed E-state index contributed by atoms with van der Waals surface area (Å²) >= 11 is 0. The van der Waals surface area contributed by atoms with Crippen LogP contribution >= 0.6 is 0 Å². The number of hydrogen-bond donors (Lipinski definition) is 3. The second-order valence-electron chi connectivity index (χ2n) is 5.34. The molecule has 2 saturated heterocycles. The zero-order valence-electron chi connectivity index (χ0n) is 10.2. The number of nitrogens with zero attached hydrogens (tertiary/aromatic N) is 2. The number of aliphatic hydroxyl groups is 1. The molecule has 2 aliphatic rings. The summed E-state index contributed by atoms with van der Waals surface area (Å²) in [6.45, 7) is 4.64. The van der Waals surface area contributed by atoms with Gasteiger partial charge >= 0.3 is 0 Å². The summed E-state index contributed by atoms with van der Waals surface area (Å²) in [7, 11) is 0. The van der Waals surface area contributed by atoms with Gasteiger partial charge in [-0.15, -0.1) is 0 Å². The highest BCUT2D eigenvalue weighted by molar-refractivity contribution is 6.05. The fourth-order valence-electron chi connectivity index (χ4n) is 2.83. The number of rotatable bonds is 0. The van der Waals surface area contributed by atoms with Crippen LogP contribution in [0.5, 0.6) is 0 Å². The molecule has 7 nitrogen and oxygen atoms in total. The fourth-order valence-corrected chi connectivity index (χ4v) is 2.83. The van der Waals surface area contributed by atoms with Gasteiger partial charge in [-0.2, -0.15) is 10.5 Å². The number of amides is 2. The van der Waals surface area contributed by atoms with E-state index in [0.29, 0.717) is 0 Å². The summed E-state index contributed by atoms with van der Waals surface area (Å²) in [4.78, 5) is 24.0. The summed E-state index contributed by atoms with van der Waals surface area (Å²) in [5.41, 5.74) is -7.17. The number of hydrogen-bond acceptors (Lipinski definition) is 5. The number of carbonyl (C=O) groups excluding carboxylic acids is 2. The van der Waals surface area contributed by atoms with E-state index in [2.05, 4.69) is 10.6 Å². The maximum atomic E-state index is 12.1. The smallest absolute Gasteiger partial charge is 0.271 e. The zero-order chi connectivity index (χ0) is 14.0. The van der Waals surface area contributed by atoms with Gasteiger partial charge in [0.15, 0.2) is 5.41 Å². The summed E-state index contributed by atoms with van der Waals surface area (Å²) in [5, 5.41) is 33.6. The summed E-state index contributed by atoms with van der Waals surface area (Å²) in [5.74, 6) is -1.85. The van der Waals surface area contributed by atoms with Crippen LogP contribution in [0.3, 0.4) is 0 Å². The van der Waals surface area contributed by atoms with Crippen LogP contribution in [0.15, 0.2) is 0 Å². The number of nitriles is 2. The lowest BCUT2D eigenvalue weighted by Gasteiger charge is -2.51. The van der Waals surface area contributed by atoms with E-state index < -0.39 is 33.9 Å². The fraction of sp³-hybridized carbons (Fsp3) is 0.636. The predicted molar refractivity (Wildman–Crippen MR) is 57.1 cm³/mol. The van der Waals surface area contributed by atoms with E-state index in [1.807, 2.05) is 0 Å². The summed E-state index contributed by atoms with van der Waals surface area (Å²) < 4.78 is 0. The summed E-state index contributed by atoms with van der Waals surface area (Å²) in [6.07, 6.45) is 0. The molecule has 18 heavy (non-hydrogen) atoms. The molecule has 0 aliphatic carbocycles. The molecular weight excluding hydrogens is 236 g/mol. The third-order valence-electron chi connectivity index (χ3n) is 4.46. The normalized spacial score (nSPS) is 44.6. The van der Waals surface area contributed by atoms with Crippen molar-refractivity contribution in [3.63, 3.8) is 0 Å². The van der Waals surface area contributed by atoms with Gasteiger partial charge in [0.2, 0.25) is 5.91 Å². The maximum absolute atomic E-state index is 12.1. The van der Waals surface area contributed by atoms with Crippen molar-refractivity contribution < 1.29 is 14.7 Å². The van der Waals surface area contributed by atoms with Crippen LogP contribution in [0.2, 0.25) is 0 Å². The molecule has 0 aromatic carbocycles. The molecule has 0 radical (unpaired) electrons. The van der Waals surface area contributed by atoms with Crippen molar-refractivity contribution in [3.05, 3.63) is 0 Å². The Morgan fingerprint density at radius 2 is 1.56 bits per heavy atom. The first kappa shape index (κ1) is 12.3. The Kier molecular flexibility index (Phi) is 1.93. The van der Waals surface area contributed by atoms with E-state index in [9.17, 15) is 20.0 Å². The quantitative estimate of drug-likeness (QED) is 0.462. The minimum Gasteiger partial charge on any atom is -0.366 e. The molecular formula is C11H12N4O3. The molecule has 0 spiro atoms. The van der Waals surface area contributed by atoms with Gasteiger partial charge in [-0.25, -0.2) is 0 Å². The lowest BCUT2D eigenvalue weighted by Crippen LogP contribution is -2.75. The SMILES string of the molecule is CC1(C)[C@]2(C)NC(=O)[C@](O)(C#N)[C@@]1(C#N)C(=O)N2. The Bertz CT molecular complexity index is 558. The number of nitrogens with one attached hydrogen (secondary N) is 2. The number of fused-ring (bicyclic) bond motifs is 2. The van der Waals surface area contributed by atoms with Gasteiger partial charge in [-0.3, -0.25) is 9.59 Å². The van der Waals surface area contributed by atoms with Gasteiger partial charge < -0.3 is 15.7 Å². The largest absolute Gasteiger partial charge is 0.366 e. The Labute approximate surface area is 103 Å². The topological polar surface area (TPSA) is 126 Å². The van der Waals surface area contributed by atoms with Gasteiger partial charge in [0.05, 0.1) is 6.07 Å². The van der Waals surface area contributed by atoms with Crippen LogP contribution in [0.25, 0.3) is 0 Å². The second kappa shape index (κ2) is 2.82. The average molecular weight is 248 g/mol. The number of carbonyl (C=O) groups is 2. The lowest BCUT2D eigenvalue weighted by molar-refractivity contribution is -0.169. The standard InChI is InChI=1S/C11H12N4O3/c1-8(2)9(3)14-6(16)10(8,4-12)11(18,5-13)7(17)15-9/h18H,1-3H3,(H,14,16)(H,15,17)/t9-,10-,11+/m0/s1. The Morgan fingerprint density at radius 3 is 2.00 bits per heavy atom. The van der Waals surface area contributed by atoms with Crippen molar-refractivity contribution in [2.45, 2.75) is 32.0 Å². The predicted octanol–water partition coefficient (Wildman–Crippen LogP) is -1.25. The van der Waals surface area contributed by atoms with E-state index in [1.165, 1.54) is 6.07 Å². The highest BCUT2D eigenvalue weighted by Gasteiger charge is 2.81. The van der Waals surface area contributed by atoms with Gasteiger partial charge in [0.25, 0.3) is 11.5 Å². The van der Waals surface area contributed by atoms with Crippen molar-refractivity contribution in [1.82, 2.24) is 10.6 Å². The van der Waals surface area contributed by atoms with Crippen molar-refractivity contribution in [2.24, 2.45) is 10.8 Å². The molecule has 0 aromatic rings. The van der Waals surface area contributed by atoms with Gasteiger partial charge in [0, 0.05) is 5.41 Å². The minimum absolute atomic E-state index is 0.820. The first-order chi connectivity index (χ1) is 8.13. The van der Waals surface area contributed by atoms with Crippen LogP contribution in [0.4, 0.5) is 0 Å². The molecule has 2 amide bonds. The molecule has 2 fully saturated rings. The molecule has 2 bridgehead atoms. The molecule has 2 rings (SSSR count). The van der Waals surface area contributed by atoms with Crippen LogP contribution in [-0.4, -0.2) is 28.2 Å². The van der Waals surface area contributed by atoms with E-state index in [4.69, 9.17) is 5.26 Å². The van der Waals surface area contributed by atoms with Gasteiger partial charge in [0.1, 0.15) is 11.7 Å². The van der Waals surface area contributed by atoms with E-state index in [0.717, 1.165) is 0 Å². The molecule has 94 valence electrons. The van der Waals surface area contributed by atoms with E-state index >= 15 is 0 Å². The van der Waals surface area contributed by atoms with Crippen molar-refractivity contribution in [3.8, 4) is 12.1 Å². The highest BCUT2D eigenvalue weighted by atomic mass is 16.3. The molecule has 2 heterocycles. The first-order valence-electron chi connectivity index (χ1n) is 5.33. The molecule has 2 aliphatic heterocycles. The molecule has 0 aromatic heterocycles. The minimum atomic E-state index is -2.70. The molecule has 3 atom stereocenters. The number of piperidine rings is 1. The molecule has 7 heteroatoms. The Morgan fingerprint density at radius 1 is 1.06 bits per heavy atom. The van der Waals surface area contributed by atoms with Crippen molar-refractivity contribution in [1.29, 1.82) is 10.5 Å². The van der Waals surface area contributed by atoms with Crippen LogP contribution < -0.4 is 10.6 Å².